The van der Waals surface area contributed by atoms with Crippen molar-refractivity contribution in [3.63, 3.8) is 0 Å². The van der Waals surface area contributed by atoms with Crippen molar-refractivity contribution in [1.82, 2.24) is 10.3 Å². The van der Waals surface area contributed by atoms with Crippen molar-refractivity contribution in [2.45, 2.75) is 12.6 Å². The zero-order valence-electron chi connectivity index (χ0n) is 10.4. The molecule has 0 unspecified atom stereocenters. The molecule has 0 aromatic carbocycles. The van der Waals surface area contributed by atoms with Gasteiger partial charge in [-0.15, -0.1) is 12.4 Å². The van der Waals surface area contributed by atoms with Gasteiger partial charge in [-0.25, -0.2) is 0 Å². The Morgan fingerprint density at radius 3 is 2.65 bits per heavy atom. The van der Waals surface area contributed by atoms with Crippen molar-refractivity contribution in [3.05, 3.63) is 24.0 Å². The molecular weight excluding hydrogens is 299 g/mol. The molecule has 0 aliphatic carbocycles. The number of hydrogen-bond acceptors (Lipinski definition) is 4. The Hall–Kier alpha value is -1.54. The predicted octanol–water partition coefficient (Wildman–Crippen LogP) is 1.32. The normalized spacial score (nSPS) is 10.8. The molecule has 0 bridgehead atoms. The van der Waals surface area contributed by atoms with Crippen LogP contribution in [0.5, 0.6) is 0 Å². The summed E-state index contributed by atoms with van der Waals surface area (Å²) in [5, 5.41) is 2.43. The lowest BCUT2D eigenvalue weighted by atomic mass is 10.2. The first-order valence-electron chi connectivity index (χ1n) is 5.48. The van der Waals surface area contributed by atoms with Gasteiger partial charge >= 0.3 is 6.18 Å². The third kappa shape index (κ3) is 8.54. The Kier molecular flexibility index (Phi) is 7.93. The van der Waals surface area contributed by atoms with Crippen LogP contribution in [0.1, 0.15) is 5.69 Å². The number of nitrogens with two attached hydrogens (primary N) is 1. The number of pyridine rings is 1. The molecule has 1 aromatic heterocycles. The number of ether oxygens (including phenoxy) is 1. The molecule has 1 heterocycles. The van der Waals surface area contributed by atoms with Gasteiger partial charge < -0.3 is 15.8 Å². The highest BCUT2D eigenvalue weighted by Crippen LogP contribution is 2.13. The van der Waals surface area contributed by atoms with Gasteiger partial charge in [0, 0.05) is 12.2 Å². The molecule has 5 nitrogen and oxygen atoms in total. The number of anilines is 1. The zero-order chi connectivity index (χ0) is 14.3. The zero-order valence-corrected chi connectivity index (χ0v) is 11.3. The number of aromatic nitrogens is 1. The monoisotopic (exact) mass is 313 g/mol. The second-order valence-electron chi connectivity index (χ2n) is 3.78. The third-order valence-electron chi connectivity index (χ3n) is 2.02. The fourth-order valence-electron chi connectivity index (χ4n) is 1.22. The average molecular weight is 314 g/mol. The average Bonchev–Trinajstić information content (AvgIpc) is 2.30. The maximum Gasteiger partial charge on any atom is 0.411 e. The lowest BCUT2D eigenvalue weighted by Gasteiger charge is -2.08. The molecule has 114 valence electrons. The van der Waals surface area contributed by atoms with Crippen LogP contribution in [0.4, 0.5) is 18.9 Å². The Morgan fingerprint density at radius 2 is 2.10 bits per heavy atom. The van der Waals surface area contributed by atoms with Gasteiger partial charge in [0.25, 0.3) is 0 Å². The van der Waals surface area contributed by atoms with Gasteiger partial charge in [-0.05, 0) is 12.1 Å². The van der Waals surface area contributed by atoms with Crippen LogP contribution in [0.15, 0.2) is 18.3 Å². The summed E-state index contributed by atoms with van der Waals surface area (Å²) in [6, 6.07) is 3.22. The van der Waals surface area contributed by atoms with E-state index in [4.69, 9.17) is 5.73 Å². The summed E-state index contributed by atoms with van der Waals surface area (Å²) in [4.78, 5) is 15.3. The predicted molar refractivity (Wildman–Crippen MR) is 69.5 cm³/mol. The van der Waals surface area contributed by atoms with Crippen LogP contribution in [0.25, 0.3) is 0 Å². The second kappa shape index (κ2) is 8.60. The molecule has 0 atom stereocenters. The van der Waals surface area contributed by atoms with Crippen LogP contribution in [0.2, 0.25) is 0 Å². The van der Waals surface area contributed by atoms with Gasteiger partial charge in [-0.1, -0.05) is 0 Å². The van der Waals surface area contributed by atoms with E-state index in [0.717, 1.165) is 0 Å². The highest BCUT2D eigenvalue weighted by atomic mass is 35.5. The van der Waals surface area contributed by atoms with Crippen molar-refractivity contribution >= 4 is 24.0 Å². The molecular formula is C11H15ClF3N3O2. The van der Waals surface area contributed by atoms with E-state index in [0.29, 0.717) is 11.4 Å². The molecule has 0 saturated heterocycles. The molecule has 1 aromatic rings. The van der Waals surface area contributed by atoms with Gasteiger partial charge in [0.15, 0.2) is 0 Å². The number of hydrogen-bond donors (Lipinski definition) is 2. The number of rotatable bonds is 6. The topological polar surface area (TPSA) is 77.2 Å². The maximum atomic E-state index is 11.7. The van der Waals surface area contributed by atoms with E-state index in [-0.39, 0.29) is 37.9 Å². The smallest absolute Gasteiger partial charge is 0.397 e. The Labute approximate surface area is 120 Å². The van der Waals surface area contributed by atoms with Crippen LogP contribution in [-0.2, 0) is 16.0 Å². The van der Waals surface area contributed by atoms with Crippen LogP contribution >= 0.6 is 12.4 Å². The summed E-state index contributed by atoms with van der Waals surface area (Å²) in [7, 11) is 0. The Bertz CT molecular complexity index is 412. The Balaban J connectivity index is 0.00000361. The number of alkyl halides is 3. The minimum Gasteiger partial charge on any atom is -0.397 e. The summed E-state index contributed by atoms with van der Waals surface area (Å²) in [6.07, 6.45) is -2.88. The van der Waals surface area contributed by atoms with Crippen LogP contribution in [0, 0.1) is 0 Å². The molecule has 0 radical (unpaired) electrons. The van der Waals surface area contributed by atoms with Crippen molar-refractivity contribution < 1.29 is 22.7 Å². The molecule has 0 spiro atoms. The summed E-state index contributed by atoms with van der Waals surface area (Å²) < 4.78 is 39.5. The first-order valence-corrected chi connectivity index (χ1v) is 5.48. The number of nitrogens with zero attached hydrogens (tertiary/aromatic N) is 1. The summed E-state index contributed by atoms with van der Waals surface area (Å²) in [6.45, 7) is -1.49. The lowest BCUT2D eigenvalue weighted by Crippen LogP contribution is -2.30. The van der Waals surface area contributed by atoms with E-state index < -0.39 is 12.8 Å². The fraction of sp³-hybridized carbons (Fsp3) is 0.455. The third-order valence-corrected chi connectivity index (χ3v) is 2.02. The van der Waals surface area contributed by atoms with Crippen molar-refractivity contribution in [2.75, 3.05) is 25.5 Å². The van der Waals surface area contributed by atoms with Gasteiger partial charge in [0.05, 0.1) is 24.9 Å². The first kappa shape index (κ1) is 18.5. The molecule has 1 rings (SSSR count). The van der Waals surface area contributed by atoms with E-state index >= 15 is 0 Å². The number of halogens is 4. The molecule has 0 aliphatic heterocycles. The van der Waals surface area contributed by atoms with Crippen molar-refractivity contribution in [1.29, 1.82) is 0 Å². The number of carbonyl (C=O) groups is 1. The van der Waals surface area contributed by atoms with E-state index in [1.54, 1.807) is 12.1 Å². The fourth-order valence-corrected chi connectivity index (χ4v) is 1.22. The largest absolute Gasteiger partial charge is 0.411 e. The highest BCUT2D eigenvalue weighted by molar-refractivity contribution is 5.85. The van der Waals surface area contributed by atoms with Crippen molar-refractivity contribution in [3.8, 4) is 0 Å². The maximum absolute atomic E-state index is 11.7. The summed E-state index contributed by atoms with van der Waals surface area (Å²) in [5.74, 6) is -0.340. The van der Waals surface area contributed by atoms with Crippen molar-refractivity contribution in [2.24, 2.45) is 0 Å². The standard InChI is InChI=1S/C11H14F3N3O2.ClH/c12-11(13,14)7-19-4-3-16-10(18)5-9-2-1-8(15)6-17-9;/h1-2,6H,3-5,7,15H2,(H,16,18);1H. The highest BCUT2D eigenvalue weighted by Gasteiger charge is 2.27. The van der Waals surface area contributed by atoms with E-state index in [2.05, 4.69) is 15.0 Å². The van der Waals surface area contributed by atoms with E-state index in [9.17, 15) is 18.0 Å². The summed E-state index contributed by atoms with van der Waals surface area (Å²) >= 11 is 0. The molecule has 1 amide bonds. The number of nitrogens with one attached hydrogen (secondary N) is 1. The van der Waals surface area contributed by atoms with Gasteiger partial charge in [0.2, 0.25) is 5.91 Å². The molecule has 20 heavy (non-hydrogen) atoms. The molecule has 3 N–H and O–H groups in total. The van der Waals surface area contributed by atoms with Crippen LogP contribution in [-0.4, -0.2) is 36.8 Å². The van der Waals surface area contributed by atoms with Gasteiger partial charge in [0.1, 0.15) is 6.61 Å². The molecule has 0 fully saturated rings. The number of amides is 1. The van der Waals surface area contributed by atoms with Gasteiger partial charge in [-0.3, -0.25) is 9.78 Å². The minimum atomic E-state index is -4.35. The molecule has 9 heteroatoms. The Morgan fingerprint density at radius 1 is 1.40 bits per heavy atom. The van der Waals surface area contributed by atoms with E-state index in [1.807, 2.05) is 0 Å². The SMILES string of the molecule is Cl.Nc1ccc(CC(=O)NCCOCC(F)(F)F)nc1. The summed E-state index contributed by atoms with van der Waals surface area (Å²) in [5.41, 5.74) is 6.46. The molecule has 0 aliphatic rings. The van der Waals surface area contributed by atoms with Crippen LogP contribution in [0.3, 0.4) is 0 Å². The number of nitrogen functional groups attached to an aromatic ring is 1. The minimum absolute atomic E-state index is 0. The molecule has 0 saturated carbocycles. The lowest BCUT2D eigenvalue weighted by molar-refractivity contribution is -0.173. The second-order valence-corrected chi connectivity index (χ2v) is 3.78. The quantitative estimate of drug-likeness (QED) is 0.777. The van der Waals surface area contributed by atoms with E-state index in [1.165, 1.54) is 6.20 Å². The number of carbonyl (C=O) groups excluding carboxylic acids is 1. The van der Waals surface area contributed by atoms with Crippen LogP contribution < -0.4 is 11.1 Å². The first-order chi connectivity index (χ1) is 8.87. The van der Waals surface area contributed by atoms with Gasteiger partial charge in [-0.2, -0.15) is 13.2 Å².